The number of likely N-dealkylation sites (tertiary alicyclic amines) is 2. The third kappa shape index (κ3) is 3.94. The zero-order valence-corrected chi connectivity index (χ0v) is 14.8. The van der Waals surface area contributed by atoms with Crippen LogP contribution in [0, 0.1) is 17.6 Å². The Balaban J connectivity index is 1.69. The Labute approximate surface area is 152 Å². The summed E-state index contributed by atoms with van der Waals surface area (Å²) in [6, 6.07) is 3.32. The largest absolute Gasteiger partial charge is 0.339 e. The molecule has 0 spiro atoms. The summed E-state index contributed by atoms with van der Waals surface area (Å²) in [6.07, 6.45) is 4.76. The van der Waals surface area contributed by atoms with Gasteiger partial charge in [-0.05, 0) is 61.9 Å². The van der Waals surface area contributed by atoms with Gasteiger partial charge in [-0.25, -0.2) is 8.78 Å². The molecule has 26 heavy (non-hydrogen) atoms. The molecule has 0 aliphatic carbocycles. The minimum Gasteiger partial charge on any atom is -0.339 e. The van der Waals surface area contributed by atoms with Gasteiger partial charge in [0.05, 0.1) is 5.92 Å². The molecule has 2 unspecified atom stereocenters. The van der Waals surface area contributed by atoms with Crippen molar-refractivity contribution in [3.05, 3.63) is 48.1 Å². The van der Waals surface area contributed by atoms with E-state index in [2.05, 4.69) is 6.58 Å². The highest BCUT2D eigenvalue weighted by Crippen LogP contribution is 2.27. The first kappa shape index (κ1) is 18.5. The summed E-state index contributed by atoms with van der Waals surface area (Å²) in [6.45, 7) is 5.19. The Kier molecular flexibility index (Phi) is 5.69. The summed E-state index contributed by atoms with van der Waals surface area (Å²) in [7, 11) is 0. The number of benzene rings is 1. The molecule has 0 bridgehead atoms. The minimum atomic E-state index is -0.469. The average molecular weight is 362 g/mol. The Bertz CT molecular complexity index is 707. The molecule has 2 saturated heterocycles. The summed E-state index contributed by atoms with van der Waals surface area (Å²) in [5.74, 6) is -1.27. The van der Waals surface area contributed by atoms with E-state index >= 15 is 0 Å². The third-order valence-electron chi connectivity index (χ3n) is 5.38. The second kappa shape index (κ2) is 7.98. The van der Waals surface area contributed by atoms with Crippen LogP contribution in [0.4, 0.5) is 8.78 Å². The molecule has 140 valence electrons. The molecule has 4 nitrogen and oxygen atoms in total. The molecular weight excluding hydrogens is 338 g/mol. The van der Waals surface area contributed by atoms with Gasteiger partial charge in [-0.15, -0.1) is 0 Å². The van der Waals surface area contributed by atoms with E-state index < -0.39 is 11.6 Å². The molecule has 2 amide bonds. The highest BCUT2D eigenvalue weighted by molar-refractivity contribution is 5.88. The van der Waals surface area contributed by atoms with Gasteiger partial charge in [0, 0.05) is 25.7 Å². The summed E-state index contributed by atoms with van der Waals surface area (Å²) in [5.41, 5.74) is 0.307. The molecule has 2 fully saturated rings. The van der Waals surface area contributed by atoms with Crippen molar-refractivity contribution in [2.45, 2.75) is 38.1 Å². The topological polar surface area (TPSA) is 40.6 Å². The van der Waals surface area contributed by atoms with E-state index in [-0.39, 0.29) is 23.8 Å². The maximum atomic E-state index is 14.0. The van der Waals surface area contributed by atoms with Crippen LogP contribution in [0.15, 0.2) is 30.9 Å². The van der Waals surface area contributed by atoms with Crippen molar-refractivity contribution in [2.24, 2.45) is 5.92 Å². The normalized spacial score (nSPS) is 23.2. The molecule has 2 aliphatic heterocycles. The van der Waals surface area contributed by atoms with Crippen molar-refractivity contribution in [1.29, 1.82) is 0 Å². The van der Waals surface area contributed by atoms with E-state index in [0.29, 0.717) is 31.6 Å². The zero-order chi connectivity index (χ0) is 18.7. The number of halogens is 2. The fourth-order valence-corrected chi connectivity index (χ4v) is 4.03. The maximum Gasteiger partial charge on any atom is 0.245 e. The highest BCUT2D eigenvalue weighted by atomic mass is 19.1. The van der Waals surface area contributed by atoms with Crippen LogP contribution >= 0.6 is 0 Å². The smallest absolute Gasteiger partial charge is 0.245 e. The van der Waals surface area contributed by atoms with Crippen molar-refractivity contribution in [2.75, 3.05) is 19.6 Å². The molecule has 1 aromatic rings. The Morgan fingerprint density at radius 2 is 1.96 bits per heavy atom. The van der Waals surface area contributed by atoms with Crippen LogP contribution < -0.4 is 0 Å². The Morgan fingerprint density at radius 3 is 2.73 bits per heavy atom. The Morgan fingerprint density at radius 1 is 1.19 bits per heavy atom. The monoisotopic (exact) mass is 362 g/mol. The number of nitrogens with zero attached hydrogens (tertiary/aromatic N) is 2. The zero-order valence-electron chi connectivity index (χ0n) is 14.8. The highest BCUT2D eigenvalue weighted by Gasteiger charge is 2.36. The van der Waals surface area contributed by atoms with Crippen LogP contribution in [0.5, 0.6) is 0 Å². The van der Waals surface area contributed by atoms with E-state index in [1.807, 2.05) is 0 Å². The molecular formula is C20H24F2N2O2. The van der Waals surface area contributed by atoms with Gasteiger partial charge in [-0.3, -0.25) is 9.59 Å². The molecule has 0 saturated carbocycles. The molecule has 6 heteroatoms. The van der Waals surface area contributed by atoms with E-state index in [1.165, 1.54) is 12.1 Å². The Hall–Kier alpha value is -2.24. The summed E-state index contributed by atoms with van der Waals surface area (Å²) in [5, 5.41) is 0. The summed E-state index contributed by atoms with van der Waals surface area (Å²) in [4.78, 5) is 28.3. The third-order valence-corrected chi connectivity index (χ3v) is 5.38. The summed E-state index contributed by atoms with van der Waals surface area (Å²) < 4.78 is 27.4. The van der Waals surface area contributed by atoms with Crippen molar-refractivity contribution in [3.63, 3.8) is 0 Å². The number of amides is 2. The molecule has 3 rings (SSSR count). The van der Waals surface area contributed by atoms with Gasteiger partial charge < -0.3 is 9.80 Å². The first-order chi connectivity index (χ1) is 12.5. The fourth-order valence-electron chi connectivity index (χ4n) is 4.03. The molecule has 0 N–H and O–H groups in total. The second-order valence-electron chi connectivity index (χ2n) is 7.10. The second-order valence-corrected chi connectivity index (χ2v) is 7.10. The van der Waals surface area contributed by atoms with Crippen molar-refractivity contribution >= 4 is 11.8 Å². The first-order valence-corrected chi connectivity index (χ1v) is 9.15. The predicted octanol–water partition coefficient (Wildman–Crippen LogP) is 2.92. The number of hydrogen-bond donors (Lipinski definition) is 0. The lowest BCUT2D eigenvalue weighted by molar-refractivity contribution is -0.140. The van der Waals surface area contributed by atoms with Crippen LogP contribution in [0.1, 0.15) is 31.2 Å². The standard InChI is InChI=1S/C20H24F2N2O2/c1-2-19(25)23-9-3-5-14(13-23)20(26)24-10-4-6-17(24)12-15-11-16(21)7-8-18(15)22/h2,7-8,11,14,17H,1,3-6,9-10,12-13H2. The van der Waals surface area contributed by atoms with Crippen LogP contribution in [0.2, 0.25) is 0 Å². The van der Waals surface area contributed by atoms with E-state index in [4.69, 9.17) is 0 Å². The predicted molar refractivity (Wildman–Crippen MR) is 94.3 cm³/mol. The van der Waals surface area contributed by atoms with Gasteiger partial charge in [-0.1, -0.05) is 6.58 Å². The van der Waals surface area contributed by atoms with E-state index in [1.54, 1.807) is 9.80 Å². The molecule has 1 aromatic carbocycles. The number of carbonyl (C=O) groups is 2. The SMILES string of the molecule is C=CC(=O)N1CCCC(C(=O)N2CCCC2Cc2cc(F)ccc2F)C1. The van der Waals surface area contributed by atoms with E-state index in [9.17, 15) is 18.4 Å². The average Bonchev–Trinajstić information content (AvgIpc) is 3.11. The lowest BCUT2D eigenvalue weighted by Gasteiger charge is -2.35. The van der Waals surface area contributed by atoms with Gasteiger partial charge in [0.15, 0.2) is 0 Å². The maximum absolute atomic E-state index is 14.0. The van der Waals surface area contributed by atoms with Gasteiger partial charge in [0.25, 0.3) is 0 Å². The fraction of sp³-hybridized carbons (Fsp3) is 0.500. The van der Waals surface area contributed by atoms with Gasteiger partial charge in [-0.2, -0.15) is 0 Å². The lowest BCUT2D eigenvalue weighted by atomic mass is 9.95. The molecule has 0 radical (unpaired) electrons. The molecule has 2 atom stereocenters. The van der Waals surface area contributed by atoms with Crippen molar-refractivity contribution < 1.29 is 18.4 Å². The summed E-state index contributed by atoms with van der Waals surface area (Å²) >= 11 is 0. The van der Waals surface area contributed by atoms with Crippen LogP contribution in [-0.2, 0) is 16.0 Å². The first-order valence-electron chi connectivity index (χ1n) is 9.15. The number of rotatable bonds is 4. The van der Waals surface area contributed by atoms with Crippen LogP contribution in [0.25, 0.3) is 0 Å². The van der Waals surface area contributed by atoms with Crippen molar-refractivity contribution in [3.8, 4) is 0 Å². The molecule has 0 aromatic heterocycles. The number of piperidine rings is 1. The van der Waals surface area contributed by atoms with Gasteiger partial charge in [0.1, 0.15) is 11.6 Å². The quantitative estimate of drug-likeness (QED) is 0.773. The van der Waals surface area contributed by atoms with Crippen LogP contribution in [0.3, 0.4) is 0 Å². The van der Waals surface area contributed by atoms with Crippen molar-refractivity contribution in [1.82, 2.24) is 9.80 Å². The molecule has 2 aliphatic rings. The number of carbonyl (C=O) groups excluding carboxylic acids is 2. The molecule has 2 heterocycles. The van der Waals surface area contributed by atoms with Gasteiger partial charge in [0.2, 0.25) is 11.8 Å². The van der Waals surface area contributed by atoms with Gasteiger partial charge >= 0.3 is 0 Å². The lowest BCUT2D eigenvalue weighted by Crippen LogP contribution is -2.48. The van der Waals surface area contributed by atoms with E-state index in [0.717, 1.165) is 37.8 Å². The van der Waals surface area contributed by atoms with Crippen LogP contribution in [-0.4, -0.2) is 47.3 Å². The minimum absolute atomic E-state index is 0.0193. The number of hydrogen-bond acceptors (Lipinski definition) is 2.